The van der Waals surface area contributed by atoms with E-state index in [0.29, 0.717) is 18.1 Å². The first-order valence-electron chi connectivity index (χ1n) is 11.6. The number of carbonyl (C=O) groups excluding carboxylic acids is 3. The van der Waals surface area contributed by atoms with Crippen LogP contribution in [0, 0.1) is 11.3 Å². The molecular weight excluding hydrogens is 394 g/mol. The lowest BCUT2D eigenvalue weighted by atomic mass is 9.80. The number of likely N-dealkylation sites (N-methyl/N-ethyl adjacent to an activating group) is 2. The summed E-state index contributed by atoms with van der Waals surface area (Å²) in [5, 5.41) is 3.07. The van der Waals surface area contributed by atoms with Gasteiger partial charge in [-0.05, 0) is 51.5 Å². The molecule has 0 radical (unpaired) electrons. The maximum absolute atomic E-state index is 13.3. The van der Waals surface area contributed by atoms with Gasteiger partial charge in [0, 0.05) is 25.7 Å². The number of nitrogens with one attached hydrogen (secondary N) is 1. The molecule has 0 aromatic heterocycles. The Morgan fingerprint density at radius 1 is 1.23 bits per heavy atom. The van der Waals surface area contributed by atoms with Crippen molar-refractivity contribution in [1.29, 1.82) is 0 Å². The van der Waals surface area contributed by atoms with Crippen molar-refractivity contribution in [2.24, 2.45) is 11.3 Å². The average Bonchev–Trinajstić information content (AvgIpc) is 2.74. The number of hydrogen-bond donors (Lipinski definition) is 1. The number of rotatable bonds is 10. The van der Waals surface area contributed by atoms with E-state index in [4.69, 9.17) is 4.74 Å². The quantitative estimate of drug-likeness (QED) is 0.420. The summed E-state index contributed by atoms with van der Waals surface area (Å²) in [6, 6.07) is -0.842. The number of ether oxygens (including phenoxy) is 1. The minimum Gasteiger partial charge on any atom is -0.463 e. The molecule has 0 spiro atoms. The molecule has 7 nitrogen and oxygen atoms in total. The van der Waals surface area contributed by atoms with Crippen molar-refractivity contribution >= 4 is 17.8 Å². The molecule has 3 atom stereocenters. The Morgan fingerprint density at radius 2 is 1.87 bits per heavy atom. The molecule has 31 heavy (non-hydrogen) atoms. The van der Waals surface area contributed by atoms with E-state index in [1.807, 2.05) is 27.8 Å². The van der Waals surface area contributed by atoms with Gasteiger partial charge in [-0.15, -0.1) is 0 Å². The standard InChI is InChI=1S/C24H43N3O4/c1-9-18-12-13-19(27(8)16-18)21(28)25-20(24(5,6)10-2)22(29)26(7)15-14-17(4)23(30)31-11-3/h14,18-20H,9-13,15-16H2,1-8H3,(H,25,28)/b17-14+. The lowest BCUT2D eigenvalue weighted by Crippen LogP contribution is -2.59. The van der Waals surface area contributed by atoms with Gasteiger partial charge < -0.3 is 15.0 Å². The maximum Gasteiger partial charge on any atom is 0.333 e. The zero-order chi connectivity index (χ0) is 23.8. The molecule has 0 aromatic carbocycles. The molecule has 178 valence electrons. The van der Waals surface area contributed by atoms with Crippen molar-refractivity contribution in [3.63, 3.8) is 0 Å². The predicted molar refractivity (Wildman–Crippen MR) is 123 cm³/mol. The molecule has 1 aliphatic heterocycles. The van der Waals surface area contributed by atoms with Crippen LogP contribution in [-0.2, 0) is 19.1 Å². The zero-order valence-corrected chi connectivity index (χ0v) is 20.8. The third-order valence-electron chi connectivity index (χ3n) is 6.68. The highest BCUT2D eigenvalue weighted by molar-refractivity contribution is 5.91. The molecule has 0 aromatic rings. The summed E-state index contributed by atoms with van der Waals surface area (Å²) in [6.07, 6.45) is 5.39. The fourth-order valence-corrected chi connectivity index (χ4v) is 3.85. The minimum absolute atomic E-state index is 0.0800. The summed E-state index contributed by atoms with van der Waals surface area (Å²) in [5.41, 5.74) is 0.0613. The molecule has 7 heteroatoms. The van der Waals surface area contributed by atoms with Crippen LogP contribution in [0.1, 0.15) is 67.2 Å². The van der Waals surface area contributed by atoms with Gasteiger partial charge in [-0.3, -0.25) is 14.5 Å². The smallest absolute Gasteiger partial charge is 0.333 e. The summed E-state index contributed by atoms with van der Waals surface area (Å²) in [5.74, 6) is 0.00788. The number of hydrogen-bond acceptors (Lipinski definition) is 5. The second kappa shape index (κ2) is 12.2. The summed E-state index contributed by atoms with van der Waals surface area (Å²) in [7, 11) is 3.68. The molecule has 1 heterocycles. The molecular formula is C24H43N3O4. The number of piperidine rings is 1. The van der Waals surface area contributed by atoms with Crippen LogP contribution >= 0.6 is 0 Å². The highest BCUT2D eigenvalue weighted by Crippen LogP contribution is 2.28. The van der Waals surface area contributed by atoms with Crippen LogP contribution in [-0.4, -0.2) is 73.5 Å². The van der Waals surface area contributed by atoms with E-state index in [-0.39, 0.29) is 30.4 Å². The molecule has 1 fully saturated rings. The van der Waals surface area contributed by atoms with Gasteiger partial charge in [0.15, 0.2) is 0 Å². The molecule has 0 bridgehead atoms. The van der Waals surface area contributed by atoms with E-state index in [9.17, 15) is 14.4 Å². The fourth-order valence-electron chi connectivity index (χ4n) is 3.85. The number of nitrogens with zero attached hydrogens (tertiary/aromatic N) is 2. The van der Waals surface area contributed by atoms with E-state index < -0.39 is 11.5 Å². The van der Waals surface area contributed by atoms with Crippen LogP contribution in [0.2, 0.25) is 0 Å². The third kappa shape index (κ3) is 7.63. The van der Waals surface area contributed by atoms with Gasteiger partial charge in [0.25, 0.3) is 0 Å². The van der Waals surface area contributed by atoms with Gasteiger partial charge in [-0.25, -0.2) is 4.79 Å². The van der Waals surface area contributed by atoms with Gasteiger partial charge in [-0.2, -0.15) is 0 Å². The first-order valence-corrected chi connectivity index (χ1v) is 11.6. The summed E-state index contributed by atoms with van der Waals surface area (Å²) in [4.78, 5) is 41.9. The van der Waals surface area contributed by atoms with Gasteiger partial charge >= 0.3 is 5.97 Å². The Morgan fingerprint density at radius 3 is 2.39 bits per heavy atom. The van der Waals surface area contributed by atoms with Crippen molar-refractivity contribution < 1.29 is 19.1 Å². The average molecular weight is 438 g/mol. The number of amides is 2. The van der Waals surface area contributed by atoms with Gasteiger partial charge in [0.1, 0.15) is 6.04 Å². The lowest BCUT2D eigenvalue weighted by molar-refractivity contribution is -0.140. The van der Waals surface area contributed by atoms with Crippen LogP contribution in [0.3, 0.4) is 0 Å². The van der Waals surface area contributed by atoms with Crippen molar-refractivity contribution in [3.8, 4) is 0 Å². The Hall–Kier alpha value is -1.89. The lowest BCUT2D eigenvalue weighted by Gasteiger charge is -2.39. The SMILES string of the molecule is CCOC(=O)/C(C)=C/CN(C)C(=O)C(NC(=O)C1CCC(CC)CN1C)C(C)(C)CC. The molecule has 0 aliphatic carbocycles. The zero-order valence-electron chi connectivity index (χ0n) is 20.8. The highest BCUT2D eigenvalue weighted by atomic mass is 16.5. The molecule has 1 aliphatic rings. The summed E-state index contributed by atoms with van der Waals surface area (Å²) >= 11 is 0. The van der Waals surface area contributed by atoms with Crippen LogP contribution in [0.4, 0.5) is 0 Å². The molecule has 2 amide bonds. The second-order valence-corrected chi connectivity index (χ2v) is 9.42. The first kappa shape index (κ1) is 27.1. The molecule has 1 N–H and O–H groups in total. The first-order chi connectivity index (χ1) is 14.5. The third-order valence-corrected chi connectivity index (χ3v) is 6.68. The predicted octanol–water partition coefficient (Wildman–Crippen LogP) is 3.00. The van der Waals surface area contributed by atoms with Crippen LogP contribution < -0.4 is 5.32 Å². The normalized spacial score (nSPS) is 21.4. The van der Waals surface area contributed by atoms with E-state index in [1.54, 1.807) is 31.9 Å². The van der Waals surface area contributed by atoms with Gasteiger partial charge in [0.05, 0.1) is 12.6 Å². The molecule has 0 saturated carbocycles. The second-order valence-electron chi connectivity index (χ2n) is 9.42. The molecule has 1 rings (SSSR count). The topological polar surface area (TPSA) is 79.0 Å². The maximum atomic E-state index is 13.3. The molecule has 3 unspecified atom stereocenters. The number of esters is 1. The van der Waals surface area contributed by atoms with E-state index >= 15 is 0 Å². The molecule has 1 saturated heterocycles. The van der Waals surface area contributed by atoms with Crippen LogP contribution in [0.5, 0.6) is 0 Å². The van der Waals surface area contributed by atoms with Crippen molar-refractivity contribution in [1.82, 2.24) is 15.1 Å². The Kier molecular flexibility index (Phi) is 10.7. The summed E-state index contributed by atoms with van der Waals surface area (Å²) in [6.45, 7) is 13.1. The highest BCUT2D eigenvalue weighted by Gasteiger charge is 2.39. The Balaban J connectivity index is 2.91. The van der Waals surface area contributed by atoms with E-state index in [1.165, 1.54) is 0 Å². The number of carbonyl (C=O) groups is 3. The number of likely N-dealkylation sites (tertiary alicyclic amines) is 1. The van der Waals surface area contributed by atoms with Crippen molar-refractivity contribution in [2.75, 3.05) is 33.8 Å². The van der Waals surface area contributed by atoms with E-state index in [2.05, 4.69) is 17.1 Å². The van der Waals surface area contributed by atoms with Crippen LogP contribution in [0.25, 0.3) is 0 Å². The van der Waals surface area contributed by atoms with Gasteiger partial charge in [-0.1, -0.05) is 40.2 Å². The Labute approximate surface area is 188 Å². The fraction of sp³-hybridized carbons (Fsp3) is 0.792. The Bertz CT molecular complexity index is 659. The van der Waals surface area contributed by atoms with Gasteiger partial charge in [0.2, 0.25) is 11.8 Å². The largest absolute Gasteiger partial charge is 0.463 e. The minimum atomic E-state index is -0.636. The van der Waals surface area contributed by atoms with Crippen molar-refractivity contribution in [2.45, 2.75) is 79.3 Å². The van der Waals surface area contributed by atoms with Crippen LogP contribution in [0.15, 0.2) is 11.6 Å². The summed E-state index contributed by atoms with van der Waals surface area (Å²) < 4.78 is 4.99. The van der Waals surface area contributed by atoms with Crippen molar-refractivity contribution in [3.05, 3.63) is 11.6 Å². The van der Waals surface area contributed by atoms with E-state index in [0.717, 1.165) is 32.2 Å². The monoisotopic (exact) mass is 437 g/mol.